The van der Waals surface area contributed by atoms with E-state index in [-0.39, 0.29) is 5.91 Å². The molecule has 4 rings (SSSR count). The van der Waals surface area contributed by atoms with Gasteiger partial charge in [0.2, 0.25) is 5.89 Å². The first kappa shape index (κ1) is 22.7. The number of carbonyl (C=O) groups excluding carboxylic acids is 1. The molecule has 8 heteroatoms. The molecule has 1 fully saturated rings. The highest BCUT2D eigenvalue weighted by molar-refractivity contribution is 5.94. The minimum Gasteiger partial charge on any atom is -0.497 e. The number of piperazine rings is 1. The summed E-state index contributed by atoms with van der Waals surface area (Å²) in [5.74, 6) is 3.34. The van der Waals surface area contributed by atoms with Gasteiger partial charge in [-0.05, 0) is 43.3 Å². The van der Waals surface area contributed by atoms with Crippen molar-refractivity contribution in [1.82, 2.24) is 14.8 Å². The average molecular weight is 452 g/mol. The van der Waals surface area contributed by atoms with Crippen molar-refractivity contribution in [2.45, 2.75) is 13.5 Å². The van der Waals surface area contributed by atoms with Gasteiger partial charge >= 0.3 is 0 Å². The maximum Gasteiger partial charge on any atom is 0.254 e. The van der Waals surface area contributed by atoms with Gasteiger partial charge in [0.05, 0.1) is 27.0 Å². The van der Waals surface area contributed by atoms with Crippen molar-refractivity contribution in [3.05, 3.63) is 59.5 Å². The van der Waals surface area contributed by atoms with E-state index < -0.39 is 0 Å². The summed E-state index contributed by atoms with van der Waals surface area (Å²) in [6.07, 6.45) is 0. The molecule has 0 saturated carbocycles. The Morgan fingerprint density at radius 2 is 1.73 bits per heavy atom. The number of oxazole rings is 1. The Balaban J connectivity index is 1.39. The van der Waals surface area contributed by atoms with Crippen LogP contribution in [0.5, 0.6) is 17.2 Å². The van der Waals surface area contributed by atoms with E-state index in [0.717, 1.165) is 30.1 Å². The van der Waals surface area contributed by atoms with E-state index in [2.05, 4.69) is 4.90 Å². The van der Waals surface area contributed by atoms with Crippen LogP contribution < -0.4 is 14.2 Å². The van der Waals surface area contributed by atoms with Gasteiger partial charge in [-0.25, -0.2) is 4.98 Å². The zero-order valence-electron chi connectivity index (χ0n) is 19.5. The predicted octanol–water partition coefficient (Wildman–Crippen LogP) is 3.63. The van der Waals surface area contributed by atoms with Crippen molar-refractivity contribution >= 4 is 5.91 Å². The first-order chi connectivity index (χ1) is 16.0. The van der Waals surface area contributed by atoms with Gasteiger partial charge in [0.25, 0.3) is 5.91 Å². The highest BCUT2D eigenvalue weighted by Gasteiger charge is 2.24. The smallest absolute Gasteiger partial charge is 0.254 e. The Morgan fingerprint density at radius 1 is 0.970 bits per heavy atom. The van der Waals surface area contributed by atoms with Crippen molar-refractivity contribution < 1.29 is 23.4 Å². The monoisotopic (exact) mass is 451 g/mol. The number of aromatic nitrogens is 1. The molecule has 3 aromatic rings. The molecular formula is C25H29N3O5. The molecule has 1 aliphatic rings. The van der Waals surface area contributed by atoms with Crippen molar-refractivity contribution in [3.63, 3.8) is 0 Å². The minimum atomic E-state index is 0.0295. The van der Waals surface area contributed by atoms with Crippen molar-refractivity contribution in [1.29, 1.82) is 0 Å². The molecule has 8 nitrogen and oxygen atoms in total. The van der Waals surface area contributed by atoms with Crippen LogP contribution in [0, 0.1) is 6.92 Å². The standard InChI is InChI=1S/C25H29N3O5/c1-17-21(26-24(33-17)18-8-9-22(31-3)23(15-18)32-4)16-27-10-12-28(13-11-27)25(29)19-6-5-7-20(14-19)30-2/h5-9,14-15H,10-13,16H2,1-4H3. The summed E-state index contributed by atoms with van der Waals surface area (Å²) in [5.41, 5.74) is 2.37. The van der Waals surface area contributed by atoms with Gasteiger partial charge in [-0.15, -0.1) is 0 Å². The number of hydrogen-bond acceptors (Lipinski definition) is 7. The van der Waals surface area contributed by atoms with Gasteiger partial charge in [-0.1, -0.05) is 6.07 Å². The molecule has 1 aliphatic heterocycles. The number of aryl methyl sites for hydroxylation is 1. The lowest BCUT2D eigenvalue weighted by Gasteiger charge is -2.34. The Bertz CT molecular complexity index is 1120. The van der Waals surface area contributed by atoms with Crippen LogP contribution in [0.15, 0.2) is 46.9 Å². The third-order valence-corrected chi connectivity index (χ3v) is 5.87. The molecule has 33 heavy (non-hydrogen) atoms. The Hall–Kier alpha value is -3.52. The van der Waals surface area contributed by atoms with Crippen LogP contribution in [0.3, 0.4) is 0 Å². The molecule has 0 aliphatic carbocycles. The van der Waals surface area contributed by atoms with Crippen LogP contribution >= 0.6 is 0 Å². The number of benzene rings is 2. The quantitative estimate of drug-likeness (QED) is 0.543. The topological polar surface area (TPSA) is 77.3 Å². The summed E-state index contributed by atoms with van der Waals surface area (Å²) >= 11 is 0. The second-order valence-corrected chi connectivity index (χ2v) is 7.89. The first-order valence-electron chi connectivity index (χ1n) is 10.9. The van der Waals surface area contributed by atoms with Gasteiger partial charge in [-0.2, -0.15) is 0 Å². The van der Waals surface area contributed by atoms with E-state index in [4.69, 9.17) is 23.6 Å². The summed E-state index contributed by atoms with van der Waals surface area (Å²) in [6.45, 7) is 5.46. The van der Waals surface area contributed by atoms with Crippen LogP contribution in [0.4, 0.5) is 0 Å². The highest BCUT2D eigenvalue weighted by Crippen LogP contribution is 2.32. The number of methoxy groups -OCH3 is 3. The molecule has 174 valence electrons. The van der Waals surface area contributed by atoms with Crippen LogP contribution in [0.2, 0.25) is 0 Å². The summed E-state index contributed by atoms with van der Waals surface area (Å²) in [4.78, 5) is 21.8. The molecule has 1 saturated heterocycles. The largest absolute Gasteiger partial charge is 0.497 e. The van der Waals surface area contributed by atoms with E-state index >= 15 is 0 Å². The summed E-state index contributed by atoms with van der Waals surface area (Å²) in [5, 5.41) is 0. The molecule has 0 bridgehead atoms. The van der Waals surface area contributed by atoms with Gasteiger partial charge in [0.15, 0.2) is 11.5 Å². The van der Waals surface area contributed by atoms with E-state index in [1.54, 1.807) is 27.4 Å². The normalized spacial score (nSPS) is 14.2. The van der Waals surface area contributed by atoms with Crippen LogP contribution in [-0.4, -0.2) is 68.2 Å². The number of rotatable bonds is 7. The zero-order chi connectivity index (χ0) is 23.4. The number of ether oxygens (including phenoxy) is 3. The van der Waals surface area contributed by atoms with Crippen LogP contribution in [0.25, 0.3) is 11.5 Å². The SMILES string of the molecule is COc1cccc(C(=O)N2CCN(Cc3nc(-c4ccc(OC)c(OC)c4)oc3C)CC2)c1. The average Bonchev–Trinajstić information content (AvgIpc) is 3.23. The minimum absolute atomic E-state index is 0.0295. The Labute approximate surface area is 193 Å². The van der Waals surface area contributed by atoms with Crippen molar-refractivity contribution in [3.8, 4) is 28.7 Å². The fraction of sp³-hybridized carbons (Fsp3) is 0.360. The fourth-order valence-electron chi connectivity index (χ4n) is 3.93. The van der Waals surface area contributed by atoms with Gasteiger partial charge < -0.3 is 23.5 Å². The third kappa shape index (κ3) is 4.96. The predicted molar refractivity (Wildman–Crippen MR) is 124 cm³/mol. The van der Waals surface area contributed by atoms with E-state index in [0.29, 0.717) is 48.3 Å². The van der Waals surface area contributed by atoms with Crippen LogP contribution in [-0.2, 0) is 6.54 Å². The Kier molecular flexibility index (Phi) is 6.84. The number of amides is 1. The molecule has 0 spiro atoms. The highest BCUT2D eigenvalue weighted by atomic mass is 16.5. The molecule has 0 atom stereocenters. The van der Waals surface area contributed by atoms with E-state index in [1.165, 1.54) is 0 Å². The number of hydrogen-bond donors (Lipinski definition) is 0. The summed E-state index contributed by atoms with van der Waals surface area (Å²) in [7, 11) is 4.81. The van der Waals surface area contributed by atoms with Gasteiger partial charge in [0.1, 0.15) is 11.5 Å². The lowest BCUT2D eigenvalue weighted by atomic mass is 10.1. The summed E-state index contributed by atoms with van der Waals surface area (Å²) < 4.78 is 21.9. The first-order valence-corrected chi connectivity index (χ1v) is 10.9. The maximum absolute atomic E-state index is 12.9. The second-order valence-electron chi connectivity index (χ2n) is 7.89. The lowest BCUT2D eigenvalue weighted by Crippen LogP contribution is -2.48. The summed E-state index contributed by atoms with van der Waals surface area (Å²) in [6, 6.07) is 12.9. The van der Waals surface area contributed by atoms with E-state index in [9.17, 15) is 4.79 Å². The van der Waals surface area contributed by atoms with Gasteiger partial charge in [0, 0.05) is 43.9 Å². The van der Waals surface area contributed by atoms with Gasteiger partial charge in [-0.3, -0.25) is 9.69 Å². The Morgan fingerprint density at radius 3 is 2.42 bits per heavy atom. The molecule has 0 radical (unpaired) electrons. The molecule has 0 N–H and O–H groups in total. The number of carbonyl (C=O) groups is 1. The van der Waals surface area contributed by atoms with Crippen molar-refractivity contribution in [2.75, 3.05) is 47.5 Å². The van der Waals surface area contributed by atoms with Crippen LogP contribution in [0.1, 0.15) is 21.8 Å². The zero-order valence-corrected chi connectivity index (χ0v) is 19.5. The molecule has 0 unspecified atom stereocenters. The second kappa shape index (κ2) is 9.95. The molecular weight excluding hydrogens is 422 g/mol. The maximum atomic E-state index is 12.9. The van der Waals surface area contributed by atoms with E-state index in [1.807, 2.05) is 48.2 Å². The molecule has 2 aromatic carbocycles. The number of nitrogens with zero attached hydrogens (tertiary/aromatic N) is 3. The van der Waals surface area contributed by atoms with Crippen molar-refractivity contribution in [2.24, 2.45) is 0 Å². The fourth-order valence-corrected chi connectivity index (χ4v) is 3.93. The lowest BCUT2D eigenvalue weighted by molar-refractivity contribution is 0.0626. The molecule has 1 amide bonds. The molecule has 1 aromatic heterocycles. The molecule has 2 heterocycles. The third-order valence-electron chi connectivity index (χ3n) is 5.87.